The van der Waals surface area contributed by atoms with Gasteiger partial charge in [-0.05, 0) is 13.8 Å². The zero-order valence-corrected chi connectivity index (χ0v) is 6.17. The lowest BCUT2D eigenvalue weighted by Crippen LogP contribution is -2.09. The summed E-state index contributed by atoms with van der Waals surface area (Å²) in [6.45, 7) is 3.08. The van der Waals surface area contributed by atoms with Crippen LogP contribution in [-0.4, -0.2) is 22.2 Å². The molecule has 11 heavy (non-hydrogen) atoms. The van der Waals surface area contributed by atoms with Gasteiger partial charge in [0.2, 0.25) is 0 Å². The van der Waals surface area contributed by atoms with E-state index in [0.717, 1.165) is 0 Å². The highest BCUT2D eigenvalue weighted by Gasteiger charge is 2.04. The number of hydrogen-bond donors (Lipinski definition) is 2. The van der Waals surface area contributed by atoms with Crippen LogP contribution >= 0.6 is 0 Å². The van der Waals surface area contributed by atoms with E-state index in [1.807, 2.05) is 0 Å². The van der Waals surface area contributed by atoms with E-state index in [9.17, 15) is 4.39 Å². The predicted octanol–water partition coefficient (Wildman–Crippen LogP) is 1.04. The van der Waals surface area contributed by atoms with Gasteiger partial charge in [0, 0.05) is 0 Å². The molecule has 4 nitrogen and oxygen atoms in total. The fourth-order valence-electron chi connectivity index (χ4n) is 0. The monoisotopic (exact) mass is 164 g/mol. The summed E-state index contributed by atoms with van der Waals surface area (Å²) in [5.74, 6) is -3.77. The largest absolute Gasteiger partial charge is 0.473 e. The van der Waals surface area contributed by atoms with Crippen molar-refractivity contribution in [1.82, 2.24) is 0 Å². The van der Waals surface area contributed by atoms with Gasteiger partial charge >= 0.3 is 11.9 Å². The van der Waals surface area contributed by atoms with Crippen LogP contribution in [-0.2, 0) is 9.59 Å². The Labute approximate surface area is 63.0 Å². The molecule has 0 unspecified atom stereocenters. The van der Waals surface area contributed by atoms with Crippen LogP contribution in [0.3, 0.4) is 0 Å². The predicted molar refractivity (Wildman–Crippen MR) is 35.8 cm³/mol. The van der Waals surface area contributed by atoms with Gasteiger partial charge < -0.3 is 10.2 Å². The van der Waals surface area contributed by atoms with Crippen molar-refractivity contribution >= 4 is 11.9 Å². The third-order valence-electron chi connectivity index (χ3n) is 0.581. The standard InChI is InChI=1S/C4H7F.C2H2O4/c1-3-4(2)5;3-1(4)2(5)6/h3H,1-2H3;(H,3,4)(H,5,6). The van der Waals surface area contributed by atoms with Gasteiger partial charge in [0.1, 0.15) is 0 Å². The SMILES string of the molecule is CC=C(C)F.O=C(O)C(=O)O. The molecule has 0 rings (SSSR count). The van der Waals surface area contributed by atoms with E-state index < -0.39 is 11.9 Å². The van der Waals surface area contributed by atoms with E-state index >= 15 is 0 Å². The van der Waals surface area contributed by atoms with Crippen LogP contribution < -0.4 is 0 Å². The molecule has 0 amide bonds. The van der Waals surface area contributed by atoms with Gasteiger partial charge in [0.05, 0.1) is 5.83 Å². The topological polar surface area (TPSA) is 74.6 Å². The molecule has 5 heteroatoms. The highest BCUT2D eigenvalue weighted by Crippen LogP contribution is 1.87. The number of halogens is 1. The molecule has 0 heterocycles. The molecule has 0 fully saturated rings. The molecular formula is C6H9FO4. The molecular weight excluding hydrogens is 155 g/mol. The summed E-state index contributed by atoms with van der Waals surface area (Å²) in [5, 5.41) is 14.8. The normalized spacial score (nSPS) is 9.55. The molecule has 64 valence electrons. The Morgan fingerprint density at radius 2 is 1.45 bits per heavy atom. The molecule has 0 atom stereocenters. The summed E-state index contributed by atoms with van der Waals surface area (Å²) >= 11 is 0. The fourth-order valence-corrected chi connectivity index (χ4v) is 0. The number of allylic oxidation sites excluding steroid dienone is 2. The van der Waals surface area contributed by atoms with Gasteiger partial charge in [-0.2, -0.15) is 0 Å². The first-order valence-corrected chi connectivity index (χ1v) is 2.66. The molecule has 0 aromatic carbocycles. The Morgan fingerprint density at radius 3 is 1.45 bits per heavy atom. The van der Waals surface area contributed by atoms with E-state index in [1.165, 1.54) is 13.0 Å². The van der Waals surface area contributed by atoms with E-state index in [2.05, 4.69) is 0 Å². The second-order valence-electron chi connectivity index (χ2n) is 1.49. The van der Waals surface area contributed by atoms with E-state index in [-0.39, 0.29) is 5.83 Å². The summed E-state index contributed by atoms with van der Waals surface area (Å²) in [4.78, 5) is 18.2. The van der Waals surface area contributed by atoms with Crippen molar-refractivity contribution in [2.45, 2.75) is 13.8 Å². The highest BCUT2D eigenvalue weighted by molar-refractivity contribution is 6.27. The maximum atomic E-state index is 11.3. The molecule has 0 spiro atoms. The Balaban J connectivity index is 0. The van der Waals surface area contributed by atoms with Crippen molar-refractivity contribution < 1.29 is 24.2 Å². The minimum absolute atomic E-state index is 0.120. The van der Waals surface area contributed by atoms with Crippen molar-refractivity contribution in [2.24, 2.45) is 0 Å². The van der Waals surface area contributed by atoms with Crippen molar-refractivity contribution in [1.29, 1.82) is 0 Å². The number of hydrogen-bond acceptors (Lipinski definition) is 2. The lowest BCUT2D eigenvalue weighted by molar-refractivity contribution is -0.159. The van der Waals surface area contributed by atoms with Gasteiger partial charge in [-0.15, -0.1) is 0 Å². The summed E-state index contributed by atoms with van der Waals surface area (Å²) in [6.07, 6.45) is 1.42. The molecule has 0 aromatic rings. The average Bonchev–Trinajstić information content (AvgIpc) is 1.89. The first-order chi connectivity index (χ1) is 4.91. The Hall–Kier alpha value is -1.39. The molecule has 0 aliphatic carbocycles. The zero-order chi connectivity index (χ0) is 9.44. The van der Waals surface area contributed by atoms with Crippen LogP contribution in [0, 0.1) is 0 Å². The van der Waals surface area contributed by atoms with Crippen LogP contribution in [0.4, 0.5) is 4.39 Å². The van der Waals surface area contributed by atoms with Crippen LogP contribution in [0.2, 0.25) is 0 Å². The third-order valence-corrected chi connectivity index (χ3v) is 0.581. The Kier molecular flexibility index (Phi) is 7.52. The highest BCUT2D eigenvalue weighted by atomic mass is 19.1. The van der Waals surface area contributed by atoms with E-state index in [4.69, 9.17) is 19.8 Å². The van der Waals surface area contributed by atoms with Crippen molar-refractivity contribution in [3.05, 3.63) is 11.9 Å². The summed E-state index contributed by atoms with van der Waals surface area (Å²) in [5.41, 5.74) is 0. The molecule has 0 aliphatic heterocycles. The molecule has 0 radical (unpaired) electrons. The number of rotatable bonds is 0. The Morgan fingerprint density at radius 1 is 1.27 bits per heavy atom. The minimum atomic E-state index is -1.82. The van der Waals surface area contributed by atoms with Crippen LogP contribution in [0.5, 0.6) is 0 Å². The molecule has 0 bridgehead atoms. The van der Waals surface area contributed by atoms with Gasteiger partial charge in [-0.3, -0.25) is 0 Å². The smallest absolute Gasteiger partial charge is 0.414 e. The number of carboxylic acid groups (broad SMARTS) is 2. The summed E-state index contributed by atoms with van der Waals surface area (Å²) in [6, 6.07) is 0. The zero-order valence-electron chi connectivity index (χ0n) is 6.17. The van der Waals surface area contributed by atoms with E-state index in [0.29, 0.717) is 0 Å². The third kappa shape index (κ3) is 17.7. The van der Waals surface area contributed by atoms with Gasteiger partial charge in [-0.1, -0.05) is 6.08 Å². The summed E-state index contributed by atoms with van der Waals surface area (Å²) in [7, 11) is 0. The van der Waals surface area contributed by atoms with Crippen molar-refractivity contribution in [3.8, 4) is 0 Å². The van der Waals surface area contributed by atoms with Crippen LogP contribution in [0.1, 0.15) is 13.8 Å². The van der Waals surface area contributed by atoms with Crippen LogP contribution in [0.15, 0.2) is 11.9 Å². The van der Waals surface area contributed by atoms with Gasteiger partial charge in [0.25, 0.3) is 0 Å². The quantitative estimate of drug-likeness (QED) is 0.524. The fraction of sp³-hybridized carbons (Fsp3) is 0.333. The second-order valence-corrected chi connectivity index (χ2v) is 1.49. The second kappa shape index (κ2) is 6.73. The molecule has 2 N–H and O–H groups in total. The van der Waals surface area contributed by atoms with Gasteiger partial charge in [-0.25, -0.2) is 14.0 Å². The molecule has 0 aromatic heterocycles. The average molecular weight is 164 g/mol. The van der Waals surface area contributed by atoms with Crippen molar-refractivity contribution in [3.63, 3.8) is 0 Å². The number of carboxylic acids is 2. The van der Waals surface area contributed by atoms with E-state index in [1.54, 1.807) is 6.92 Å². The molecule has 0 saturated carbocycles. The van der Waals surface area contributed by atoms with Crippen LogP contribution in [0.25, 0.3) is 0 Å². The molecule has 0 aliphatic rings. The van der Waals surface area contributed by atoms with Gasteiger partial charge in [0.15, 0.2) is 0 Å². The minimum Gasteiger partial charge on any atom is -0.473 e. The number of aliphatic carboxylic acids is 2. The number of carbonyl (C=O) groups is 2. The first kappa shape index (κ1) is 12.3. The molecule has 0 saturated heterocycles. The first-order valence-electron chi connectivity index (χ1n) is 2.66. The lowest BCUT2D eigenvalue weighted by atomic mass is 10.6. The van der Waals surface area contributed by atoms with Crippen molar-refractivity contribution in [2.75, 3.05) is 0 Å². The summed E-state index contributed by atoms with van der Waals surface area (Å²) < 4.78 is 11.3. The lowest BCUT2D eigenvalue weighted by Gasteiger charge is -1.72. The Bertz CT molecular complexity index is 157. The maximum Gasteiger partial charge on any atom is 0.414 e. The maximum absolute atomic E-state index is 11.3.